The average Bonchev–Trinajstić information content (AvgIpc) is 3.19. The number of Topliss-reactive ketones (excluding diaryl/α,β-unsaturated/α-hetero) is 1. The molecule has 2 aromatic rings. The maximum Gasteiger partial charge on any atom is 0.305 e. The van der Waals surface area contributed by atoms with Gasteiger partial charge in [-0.2, -0.15) is 4.80 Å². The topological polar surface area (TPSA) is 182 Å². The van der Waals surface area contributed by atoms with Crippen LogP contribution in [-0.4, -0.2) is 68.0 Å². The molecule has 31 heavy (non-hydrogen) atoms. The quantitative estimate of drug-likeness (QED) is 0.374. The molecule has 1 aromatic heterocycles. The molecule has 0 aliphatic rings. The Labute approximate surface area is 178 Å². The number of ketones is 1. The van der Waals surface area contributed by atoms with Gasteiger partial charge >= 0.3 is 5.97 Å². The van der Waals surface area contributed by atoms with Crippen molar-refractivity contribution >= 4 is 23.6 Å². The molecule has 12 heteroatoms. The number of hydrogen-bond acceptors (Lipinski definition) is 8. The summed E-state index contributed by atoms with van der Waals surface area (Å²) < 4.78 is 0. The van der Waals surface area contributed by atoms with E-state index in [4.69, 9.17) is 10.8 Å². The van der Waals surface area contributed by atoms with E-state index < -0.39 is 36.2 Å². The van der Waals surface area contributed by atoms with Crippen LogP contribution in [0.15, 0.2) is 24.3 Å². The highest BCUT2D eigenvalue weighted by Crippen LogP contribution is 2.16. The normalized spacial score (nSPS) is 12.8. The van der Waals surface area contributed by atoms with Gasteiger partial charge in [-0.05, 0) is 23.3 Å². The van der Waals surface area contributed by atoms with Gasteiger partial charge in [0.15, 0.2) is 5.78 Å². The van der Waals surface area contributed by atoms with Crippen molar-refractivity contribution in [1.29, 1.82) is 0 Å². The molecule has 0 aliphatic carbocycles. The fraction of sp³-hybridized carbons (Fsp3) is 0.421. The summed E-state index contributed by atoms with van der Waals surface area (Å²) in [6, 6.07) is 4.54. The van der Waals surface area contributed by atoms with E-state index in [-0.39, 0.29) is 24.2 Å². The summed E-state index contributed by atoms with van der Waals surface area (Å²) in [5.41, 5.74) is 6.31. The summed E-state index contributed by atoms with van der Waals surface area (Å²) in [7, 11) is 1.50. The molecule has 2 unspecified atom stereocenters. The second-order valence-corrected chi connectivity index (χ2v) is 7.20. The van der Waals surface area contributed by atoms with Crippen LogP contribution in [0.5, 0.6) is 0 Å². The Balaban J connectivity index is 2.13. The molecule has 0 saturated heterocycles. The van der Waals surface area contributed by atoms with Crippen LogP contribution in [0.3, 0.4) is 0 Å². The second kappa shape index (κ2) is 10.4. The Morgan fingerprint density at radius 2 is 1.94 bits per heavy atom. The molecular formula is C19H25N7O5. The lowest BCUT2D eigenvalue weighted by Gasteiger charge is -2.20. The number of carboxylic acid groups (broad SMARTS) is 1. The molecule has 2 amide bonds. The average molecular weight is 431 g/mol. The molecule has 0 fully saturated rings. The van der Waals surface area contributed by atoms with Crippen molar-refractivity contribution in [1.82, 2.24) is 30.8 Å². The first-order valence-electron chi connectivity index (χ1n) is 9.53. The maximum absolute atomic E-state index is 12.6. The lowest BCUT2D eigenvalue weighted by molar-refractivity contribution is -0.139. The first kappa shape index (κ1) is 23.6. The summed E-state index contributed by atoms with van der Waals surface area (Å²) in [6.45, 7) is 3.31. The number of benzene rings is 1. The Hall–Kier alpha value is -3.67. The van der Waals surface area contributed by atoms with Gasteiger partial charge in [0, 0.05) is 18.2 Å². The highest BCUT2D eigenvalue weighted by atomic mass is 16.4. The molecule has 0 radical (unpaired) electrons. The van der Waals surface area contributed by atoms with Crippen LogP contribution in [-0.2, 0) is 20.9 Å². The first-order chi connectivity index (χ1) is 14.6. The Kier molecular flexibility index (Phi) is 7.91. The molecule has 0 spiro atoms. The van der Waals surface area contributed by atoms with Crippen LogP contribution < -0.4 is 16.4 Å². The zero-order valence-corrected chi connectivity index (χ0v) is 17.4. The van der Waals surface area contributed by atoms with Crippen molar-refractivity contribution < 1.29 is 24.3 Å². The largest absolute Gasteiger partial charge is 0.481 e. The fourth-order valence-corrected chi connectivity index (χ4v) is 2.70. The number of nitrogens with two attached hydrogens (primary N) is 1. The van der Waals surface area contributed by atoms with Crippen molar-refractivity contribution in [2.75, 3.05) is 7.05 Å². The molecule has 1 aromatic carbocycles. The lowest BCUT2D eigenvalue weighted by Crippen LogP contribution is -2.48. The van der Waals surface area contributed by atoms with Gasteiger partial charge in [0.25, 0.3) is 5.91 Å². The van der Waals surface area contributed by atoms with Gasteiger partial charge in [-0.3, -0.25) is 19.2 Å². The summed E-state index contributed by atoms with van der Waals surface area (Å²) >= 11 is 0. The van der Waals surface area contributed by atoms with E-state index in [9.17, 15) is 19.2 Å². The van der Waals surface area contributed by atoms with Gasteiger partial charge in [-0.25, -0.2) is 0 Å². The van der Waals surface area contributed by atoms with Crippen LogP contribution >= 0.6 is 0 Å². The van der Waals surface area contributed by atoms with E-state index in [1.54, 1.807) is 18.2 Å². The van der Waals surface area contributed by atoms with E-state index in [0.717, 1.165) is 4.80 Å². The van der Waals surface area contributed by atoms with Crippen LogP contribution in [0.1, 0.15) is 30.6 Å². The Bertz CT molecular complexity index is 972. The number of tetrazole rings is 1. The van der Waals surface area contributed by atoms with Crippen LogP contribution in [0.2, 0.25) is 0 Å². The molecule has 2 atom stereocenters. The smallest absolute Gasteiger partial charge is 0.305 e. The number of carboxylic acids is 1. The maximum atomic E-state index is 12.6. The van der Waals surface area contributed by atoms with Crippen LogP contribution in [0.25, 0.3) is 11.4 Å². The minimum atomic E-state index is -1.18. The standard InChI is InChI=1S/C19H25N7O5/c1-10(2)16(19(31)21-3)22-18(30)12-6-4-5-11(7-12)17-23-25-26(24-17)9-14(27)13(20)8-15(28)29/h4-7,10,13,16H,8-9,20H2,1-3H3,(H,21,31)(H,22,30)(H,28,29). The van der Waals surface area contributed by atoms with Gasteiger partial charge in [-0.15, -0.1) is 10.2 Å². The minimum absolute atomic E-state index is 0.112. The second-order valence-electron chi connectivity index (χ2n) is 7.20. The number of rotatable bonds is 10. The molecule has 5 N–H and O–H groups in total. The summed E-state index contributed by atoms with van der Waals surface area (Å²) in [6.07, 6.45) is -0.495. The number of hydrogen-bond donors (Lipinski definition) is 4. The van der Waals surface area contributed by atoms with Crippen molar-refractivity contribution in [3.05, 3.63) is 29.8 Å². The number of nitrogens with zero attached hydrogens (tertiary/aromatic N) is 4. The van der Waals surface area contributed by atoms with Crippen molar-refractivity contribution in [3.8, 4) is 11.4 Å². The monoisotopic (exact) mass is 431 g/mol. The molecular weight excluding hydrogens is 406 g/mol. The third kappa shape index (κ3) is 6.40. The first-order valence-corrected chi connectivity index (χ1v) is 9.53. The summed E-state index contributed by atoms with van der Waals surface area (Å²) in [4.78, 5) is 48.2. The van der Waals surface area contributed by atoms with Crippen molar-refractivity contribution in [2.45, 2.75) is 38.9 Å². The number of aromatic nitrogens is 4. The van der Waals surface area contributed by atoms with Gasteiger partial charge in [0.2, 0.25) is 11.7 Å². The highest BCUT2D eigenvalue weighted by molar-refractivity contribution is 5.98. The molecule has 0 saturated carbocycles. The molecule has 12 nitrogen and oxygen atoms in total. The van der Waals surface area contributed by atoms with Crippen LogP contribution in [0.4, 0.5) is 0 Å². The van der Waals surface area contributed by atoms with Crippen LogP contribution in [0, 0.1) is 5.92 Å². The Morgan fingerprint density at radius 1 is 1.23 bits per heavy atom. The summed E-state index contributed by atoms with van der Waals surface area (Å²) in [5, 5.41) is 25.7. The molecule has 0 aliphatic heterocycles. The van der Waals surface area contributed by atoms with Crippen molar-refractivity contribution in [2.24, 2.45) is 11.7 Å². The number of amides is 2. The molecule has 166 valence electrons. The number of carbonyl (C=O) groups excluding carboxylic acids is 3. The van der Waals surface area contributed by atoms with Gasteiger partial charge in [0.1, 0.15) is 12.6 Å². The molecule has 1 heterocycles. The predicted molar refractivity (Wildman–Crippen MR) is 109 cm³/mol. The third-order valence-electron chi connectivity index (χ3n) is 4.42. The number of nitrogens with one attached hydrogen (secondary N) is 2. The third-order valence-corrected chi connectivity index (χ3v) is 4.42. The lowest BCUT2D eigenvalue weighted by atomic mass is 10.0. The zero-order chi connectivity index (χ0) is 23.1. The molecule has 2 rings (SSSR count). The fourth-order valence-electron chi connectivity index (χ4n) is 2.70. The Morgan fingerprint density at radius 3 is 2.55 bits per heavy atom. The highest BCUT2D eigenvalue weighted by Gasteiger charge is 2.24. The summed E-state index contributed by atoms with van der Waals surface area (Å²) in [5.74, 6) is -2.41. The van der Waals surface area contributed by atoms with Crippen molar-refractivity contribution in [3.63, 3.8) is 0 Å². The van der Waals surface area contributed by atoms with Gasteiger partial charge in [0.05, 0.1) is 12.5 Å². The van der Waals surface area contributed by atoms with Gasteiger partial charge < -0.3 is 21.5 Å². The molecule has 0 bridgehead atoms. The van der Waals surface area contributed by atoms with Gasteiger partial charge in [-0.1, -0.05) is 26.0 Å². The van der Waals surface area contributed by atoms with E-state index in [1.807, 2.05) is 13.8 Å². The SMILES string of the molecule is CNC(=O)C(NC(=O)c1cccc(-c2nnn(CC(=O)C(N)CC(=O)O)n2)c1)C(C)C. The van der Waals surface area contributed by atoms with E-state index >= 15 is 0 Å². The number of likely N-dealkylation sites (N-methyl/N-ethyl adjacent to an activating group) is 1. The van der Waals surface area contributed by atoms with E-state index in [0.29, 0.717) is 11.1 Å². The van der Waals surface area contributed by atoms with E-state index in [1.165, 1.54) is 13.1 Å². The minimum Gasteiger partial charge on any atom is -0.481 e. The predicted octanol–water partition coefficient (Wildman–Crippen LogP) is -0.788. The van der Waals surface area contributed by atoms with E-state index in [2.05, 4.69) is 26.0 Å². The number of aliphatic carboxylic acids is 1. The number of carbonyl (C=O) groups is 4. The zero-order valence-electron chi connectivity index (χ0n) is 17.4.